The predicted octanol–water partition coefficient (Wildman–Crippen LogP) is 2.93. The van der Waals surface area contributed by atoms with E-state index < -0.39 is 0 Å². The molecule has 6 nitrogen and oxygen atoms in total. The Labute approximate surface area is 142 Å². The van der Waals surface area contributed by atoms with Gasteiger partial charge in [0.05, 0.1) is 0 Å². The van der Waals surface area contributed by atoms with Crippen molar-refractivity contribution in [1.29, 1.82) is 0 Å². The maximum Gasteiger partial charge on any atom is 0.258 e. The van der Waals surface area contributed by atoms with Gasteiger partial charge in [-0.3, -0.25) is 0 Å². The van der Waals surface area contributed by atoms with Gasteiger partial charge in [-0.2, -0.15) is 4.98 Å². The van der Waals surface area contributed by atoms with Crippen LogP contribution in [0.4, 0.5) is 5.82 Å². The van der Waals surface area contributed by atoms with Crippen LogP contribution in [0.2, 0.25) is 0 Å². The molecule has 1 aliphatic carbocycles. The fraction of sp³-hybridized carbons (Fsp3) is 0.611. The Bertz CT molecular complexity index is 672. The molecule has 6 heteroatoms. The van der Waals surface area contributed by atoms with Crippen LogP contribution in [0.5, 0.6) is 0 Å². The van der Waals surface area contributed by atoms with E-state index in [1.807, 2.05) is 12.3 Å². The van der Waals surface area contributed by atoms with Crippen molar-refractivity contribution < 1.29 is 4.52 Å². The Morgan fingerprint density at radius 2 is 1.88 bits per heavy atom. The summed E-state index contributed by atoms with van der Waals surface area (Å²) in [5.41, 5.74) is 0.966. The van der Waals surface area contributed by atoms with Crippen molar-refractivity contribution in [3.63, 3.8) is 0 Å². The summed E-state index contributed by atoms with van der Waals surface area (Å²) in [7, 11) is 2.16. The Hall–Kier alpha value is -1.95. The van der Waals surface area contributed by atoms with Crippen LogP contribution in [-0.4, -0.2) is 53.3 Å². The number of nitrogens with zero attached hydrogens (tertiary/aromatic N) is 5. The van der Waals surface area contributed by atoms with E-state index in [4.69, 9.17) is 4.52 Å². The number of hydrogen-bond acceptors (Lipinski definition) is 6. The van der Waals surface area contributed by atoms with Crippen LogP contribution in [0.1, 0.15) is 43.8 Å². The molecule has 0 bridgehead atoms. The predicted molar refractivity (Wildman–Crippen MR) is 93.1 cm³/mol. The van der Waals surface area contributed by atoms with Gasteiger partial charge in [0.25, 0.3) is 5.89 Å². The summed E-state index contributed by atoms with van der Waals surface area (Å²) in [6, 6.07) is 4.03. The summed E-state index contributed by atoms with van der Waals surface area (Å²) in [6.45, 7) is 4.14. The van der Waals surface area contributed by atoms with Crippen LogP contribution in [0.25, 0.3) is 11.5 Å². The summed E-state index contributed by atoms with van der Waals surface area (Å²) >= 11 is 0. The third kappa shape index (κ3) is 3.29. The van der Waals surface area contributed by atoms with Gasteiger partial charge in [-0.15, -0.1) is 0 Å². The van der Waals surface area contributed by atoms with Crippen LogP contribution in [0.3, 0.4) is 0 Å². The van der Waals surface area contributed by atoms with Crippen molar-refractivity contribution >= 4 is 5.82 Å². The smallest absolute Gasteiger partial charge is 0.258 e. The van der Waals surface area contributed by atoms with Gasteiger partial charge in [0, 0.05) is 43.9 Å². The van der Waals surface area contributed by atoms with Crippen LogP contribution < -0.4 is 4.90 Å². The first kappa shape index (κ1) is 15.6. The van der Waals surface area contributed by atoms with Crippen LogP contribution in [0.15, 0.2) is 22.9 Å². The van der Waals surface area contributed by atoms with E-state index in [2.05, 4.69) is 38.0 Å². The quantitative estimate of drug-likeness (QED) is 0.864. The molecule has 1 saturated carbocycles. The Kier molecular flexibility index (Phi) is 4.47. The first-order chi connectivity index (χ1) is 11.8. The van der Waals surface area contributed by atoms with Gasteiger partial charge in [0.2, 0.25) is 0 Å². The fourth-order valence-corrected chi connectivity index (χ4v) is 3.64. The average Bonchev–Trinajstić information content (AvgIpc) is 3.13. The maximum atomic E-state index is 5.55. The lowest BCUT2D eigenvalue weighted by Crippen LogP contribution is -2.44. The lowest BCUT2D eigenvalue weighted by atomic mass is 9.89. The van der Waals surface area contributed by atoms with Crippen molar-refractivity contribution in [3.05, 3.63) is 24.2 Å². The van der Waals surface area contributed by atoms with E-state index in [-0.39, 0.29) is 0 Å². The summed E-state index contributed by atoms with van der Waals surface area (Å²) in [6.07, 6.45) is 8.09. The molecule has 4 rings (SSSR count). The second kappa shape index (κ2) is 6.89. The van der Waals surface area contributed by atoms with Crippen molar-refractivity contribution in [2.45, 2.75) is 38.0 Å². The molecule has 0 amide bonds. The van der Waals surface area contributed by atoms with E-state index in [0.717, 1.165) is 43.4 Å². The van der Waals surface area contributed by atoms with Gasteiger partial charge < -0.3 is 14.3 Å². The lowest BCUT2D eigenvalue weighted by molar-refractivity contribution is 0.312. The minimum Gasteiger partial charge on any atom is -0.354 e. The third-order valence-corrected chi connectivity index (χ3v) is 5.23. The van der Waals surface area contributed by atoms with Crippen molar-refractivity contribution in [2.24, 2.45) is 0 Å². The Morgan fingerprint density at radius 3 is 2.67 bits per heavy atom. The molecular formula is C18H25N5O. The zero-order valence-corrected chi connectivity index (χ0v) is 14.3. The highest BCUT2D eigenvalue weighted by atomic mass is 16.5. The number of hydrogen-bond donors (Lipinski definition) is 0. The molecule has 3 heterocycles. The molecule has 0 N–H and O–H groups in total. The van der Waals surface area contributed by atoms with Gasteiger partial charge in [-0.05, 0) is 32.0 Å². The topological polar surface area (TPSA) is 58.3 Å². The summed E-state index contributed by atoms with van der Waals surface area (Å²) in [5, 5.41) is 4.24. The molecule has 0 unspecified atom stereocenters. The number of piperazine rings is 1. The monoisotopic (exact) mass is 327 g/mol. The fourth-order valence-electron chi connectivity index (χ4n) is 3.64. The van der Waals surface area contributed by atoms with Crippen molar-refractivity contribution in [1.82, 2.24) is 20.0 Å². The molecule has 24 heavy (non-hydrogen) atoms. The van der Waals surface area contributed by atoms with E-state index in [0.29, 0.717) is 11.8 Å². The van der Waals surface area contributed by atoms with Crippen molar-refractivity contribution in [2.75, 3.05) is 38.1 Å². The molecular weight excluding hydrogens is 302 g/mol. The third-order valence-electron chi connectivity index (χ3n) is 5.23. The first-order valence-electron chi connectivity index (χ1n) is 9.03. The normalized spacial score (nSPS) is 20.5. The molecule has 2 aliphatic rings. The number of rotatable bonds is 3. The van der Waals surface area contributed by atoms with Crippen LogP contribution >= 0.6 is 0 Å². The number of pyridine rings is 1. The Balaban J connectivity index is 1.52. The minimum absolute atomic E-state index is 0.468. The molecule has 0 spiro atoms. The van der Waals surface area contributed by atoms with E-state index in [1.54, 1.807) is 0 Å². The van der Waals surface area contributed by atoms with Gasteiger partial charge in [0.15, 0.2) is 5.82 Å². The highest BCUT2D eigenvalue weighted by Crippen LogP contribution is 2.32. The number of anilines is 1. The van der Waals surface area contributed by atoms with Gasteiger partial charge >= 0.3 is 0 Å². The molecule has 0 radical (unpaired) electrons. The maximum absolute atomic E-state index is 5.55. The number of likely N-dealkylation sites (N-methyl/N-ethyl adjacent to an activating group) is 1. The highest BCUT2D eigenvalue weighted by molar-refractivity contribution is 5.58. The summed E-state index contributed by atoms with van der Waals surface area (Å²) in [5.74, 6) is 2.96. The average molecular weight is 327 g/mol. The molecule has 1 aliphatic heterocycles. The second-order valence-corrected chi connectivity index (χ2v) is 6.99. The first-order valence-corrected chi connectivity index (χ1v) is 9.03. The van der Waals surface area contributed by atoms with Crippen LogP contribution in [0, 0.1) is 0 Å². The molecule has 1 saturated heterocycles. The largest absolute Gasteiger partial charge is 0.354 e. The Morgan fingerprint density at radius 1 is 1.08 bits per heavy atom. The van der Waals surface area contributed by atoms with Gasteiger partial charge in [0.1, 0.15) is 5.82 Å². The summed E-state index contributed by atoms with van der Waals surface area (Å²) in [4.78, 5) is 13.9. The zero-order chi connectivity index (χ0) is 16.4. The molecule has 0 aromatic carbocycles. The van der Waals surface area contributed by atoms with E-state index in [1.165, 1.54) is 32.1 Å². The highest BCUT2D eigenvalue weighted by Gasteiger charge is 2.22. The zero-order valence-electron chi connectivity index (χ0n) is 14.3. The van der Waals surface area contributed by atoms with Crippen LogP contribution in [-0.2, 0) is 0 Å². The minimum atomic E-state index is 0.468. The molecule has 2 aromatic heterocycles. The molecule has 128 valence electrons. The molecule has 2 fully saturated rings. The van der Waals surface area contributed by atoms with E-state index in [9.17, 15) is 0 Å². The van der Waals surface area contributed by atoms with Gasteiger partial charge in [-0.1, -0.05) is 24.4 Å². The van der Waals surface area contributed by atoms with Crippen molar-refractivity contribution in [3.8, 4) is 11.5 Å². The SMILES string of the molecule is CN1CCN(c2cc(-c3nc(C4CCCCC4)no3)ccn2)CC1. The number of aromatic nitrogens is 3. The molecule has 0 atom stereocenters. The lowest BCUT2D eigenvalue weighted by Gasteiger charge is -2.33. The summed E-state index contributed by atoms with van der Waals surface area (Å²) < 4.78 is 5.55. The second-order valence-electron chi connectivity index (χ2n) is 6.99. The molecule has 2 aromatic rings. The van der Waals surface area contributed by atoms with Gasteiger partial charge in [-0.25, -0.2) is 4.98 Å². The standard InChI is InChI=1S/C18H25N5O/c1-22-9-11-23(12-10-22)16-13-15(7-8-19-16)18-20-17(21-24-18)14-5-3-2-4-6-14/h7-8,13-14H,2-6,9-12H2,1H3. The van der Waals surface area contributed by atoms with E-state index >= 15 is 0 Å².